The summed E-state index contributed by atoms with van der Waals surface area (Å²) in [5.74, 6) is 0.00763. The lowest BCUT2D eigenvalue weighted by atomic mass is 10.2. The summed E-state index contributed by atoms with van der Waals surface area (Å²) in [4.78, 5) is 11.6. The number of rotatable bonds is 6. The number of amides is 1. The van der Waals surface area contributed by atoms with Crippen molar-refractivity contribution in [3.63, 3.8) is 0 Å². The summed E-state index contributed by atoms with van der Waals surface area (Å²) in [5.41, 5.74) is 1.55. The first-order chi connectivity index (χ1) is 8.28. The van der Waals surface area contributed by atoms with Gasteiger partial charge in [0, 0.05) is 24.7 Å². The van der Waals surface area contributed by atoms with Crippen molar-refractivity contribution in [3.05, 3.63) is 29.8 Å². The molecule has 4 heteroatoms. The first kappa shape index (κ1) is 12.1. The number of benzene rings is 1. The molecule has 0 atom stereocenters. The maximum absolute atomic E-state index is 11.6. The van der Waals surface area contributed by atoms with Crippen LogP contribution < -0.4 is 10.6 Å². The predicted molar refractivity (Wildman–Crippen MR) is 66.6 cm³/mol. The molecular formula is C13H18N2O2. The molecule has 1 aliphatic rings. The highest BCUT2D eigenvalue weighted by atomic mass is 16.3. The van der Waals surface area contributed by atoms with Gasteiger partial charge in [0.2, 0.25) is 5.91 Å². The minimum atomic E-state index is -0.00700. The topological polar surface area (TPSA) is 61.4 Å². The van der Waals surface area contributed by atoms with Crippen LogP contribution in [0, 0.1) is 0 Å². The average molecular weight is 234 g/mol. The number of nitrogens with one attached hydrogen (secondary N) is 2. The van der Waals surface area contributed by atoms with Gasteiger partial charge in [-0.2, -0.15) is 0 Å². The molecule has 0 heterocycles. The van der Waals surface area contributed by atoms with Gasteiger partial charge in [-0.1, -0.05) is 12.1 Å². The van der Waals surface area contributed by atoms with E-state index >= 15 is 0 Å². The van der Waals surface area contributed by atoms with Crippen LogP contribution in [0.15, 0.2) is 24.3 Å². The second kappa shape index (κ2) is 5.80. The Kier molecular flexibility index (Phi) is 4.12. The van der Waals surface area contributed by atoms with E-state index in [9.17, 15) is 4.79 Å². The van der Waals surface area contributed by atoms with Crippen molar-refractivity contribution in [3.8, 4) is 0 Å². The average Bonchev–Trinajstić information content (AvgIpc) is 3.13. The Labute approximate surface area is 101 Å². The Morgan fingerprint density at radius 3 is 2.94 bits per heavy atom. The minimum absolute atomic E-state index is 0.00700. The zero-order valence-corrected chi connectivity index (χ0v) is 9.78. The number of hydrogen-bond donors (Lipinski definition) is 3. The zero-order chi connectivity index (χ0) is 12.1. The van der Waals surface area contributed by atoms with E-state index in [0.717, 1.165) is 17.8 Å². The molecule has 1 saturated carbocycles. The van der Waals surface area contributed by atoms with Crippen molar-refractivity contribution in [1.82, 2.24) is 5.32 Å². The maximum Gasteiger partial charge on any atom is 0.225 e. The Morgan fingerprint density at radius 2 is 2.24 bits per heavy atom. The third kappa shape index (κ3) is 4.17. The van der Waals surface area contributed by atoms with Crippen LogP contribution in [0.1, 0.15) is 24.8 Å². The summed E-state index contributed by atoms with van der Waals surface area (Å²) in [6, 6.07) is 7.89. The van der Waals surface area contributed by atoms with E-state index in [-0.39, 0.29) is 12.5 Å². The molecular weight excluding hydrogens is 216 g/mol. The van der Waals surface area contributed by atoms with Crippen LogP contribution >= 0.6 is 0 Å². The van der Waals surface area contributed by atoms with Gasteiger partial charge in [-0.15, -0.1) is 0 Å². The van der Waals surface area contributed by atoms with E-state index in [1.165, 1.54) is 12.8 Å². The number of carbonyl (C=O) groups is 1. The lowest BCUT2D eigenvalue weighted by Crippen LogP contribution is -2.23. The van der Waals surface area contributed by atoms with E-state index in [1.807, 2.05) is 18.2 Å². The fraction of sp³-hybridized carbons (Fsp3) is 0.462. The Hall–Kier alpha value is -1.39. The summed E-state index contributed by atoms with van der Waals surface area (Å²) in [6.07, 6.45) is 2.96. The molecule has 2 rings (SSSR count). The highest BCUT2D eigenvalue weighted by molar-refractivity contribution is 5.90. The molecule has 1 aliphatic carbocycles. The molecule has 3 N–H and O–H groups in total. The molecule has 0 radical (unpaired) electrons. The van der Waals surface area contributed by atoms with Gasteiger partial charge >= 0.3 is 0 Å². The molecule has 0 unspecified atom stereocenters. The molecule has 92 valence electrons. The van der Waals surface area contributed by atoms with Gasteiger partial charge in [0.1, 0.15) is 0 Å². The normalized spacial score (nSPS) is 14.6. The Bertz CT molecular complexity index is 389. The monoisotopic (exact) mass is 234 g/mol. The number of aliphatic hydroxyl groups excluding tert-OH is 1. The largest absolute Gasteiger partial charge is 0.392 e. The van der Waals surface area contributed by atoms with E-state index < -0.39 is 0 Å². The first-order valence-corrected chi connectivity index (χ1v) is 6.01. The van der Waals surface area contributed by atoms with E-state index in [1.54, 1.807) is 6.07 Å². The van der Waals surface area contributed by atoms with Gasteiger partial charge in [-0.05, 0) is 30.5 Å². The third-order valence-corrected chi connectivity index (χ3v) is 2.76. The summed E-state index contributed by atoms with van der Waals surface area (Å²) >= 11 is 0. The number of aliphatic hydroxyl groups is 1. The molecule has 0 aliphatic heterocycles. The van der Waals surface area contributed by atoms with E-state index in [0.29, 0.717) is 12.5 Å². The zero-order valence-electron chi connectivity index (χ0n) is 9.78. The number of hydrogen-bond acceptors (Lipinski definition) is 3. The van der Waals surface area contributed by atoms with Crippen LogP contribution in [0.25, 0.3) is 0 Å². The lowest BCUT2D eigenvalue weighted by molar-refractivity contribution is -0.116. The van der Waals surface area contributed by atoms with Gasteiger partial charge in [0.15, 0.2) is 0 Å². The summed E-state index contributed by atoms with van der Waals surface area (Å²) < 4.78 is 0. The molecule has 1 amide bonds. The summed E-state index contributed by atoms with van der Waals surface area (Å²) in [6.45, 7) is 0.725. The predicted octanol–water partition coefficient (Wildman–Crippen LogP) is 1.26. The van der Waals surface area contributed by atoms with Crippen LogP contribution in [0.2, 0.25) is 0 Å². The molecule has 0 bridgehead atoms. The Morgan fingerprint density at radius 1 is 1.41 bits per heavy atom. The molecule has 0 spiro atoms. The highest BCUT2D eigenvalue weighted by Gasteiger charge is 2.20. The van der Waals surface area contributed by atoms with Crippen molar-refractivity contribution in [2.45, 2.75) is 31.9 Å². The summed E-state index contributed by atoms with van der Waals surface area (Å²) in [7, 11) is 0. The van der Waals surface area contributed by atoms with E-state index in [4.69, 9.17) is 5.11 Å². The highest BCUT2D eigenvalue weighted by Crippen LogP contribution is 2.18. The molecule has 1 fully saturated rings. The molecule has 1 aromatic carbocycles. The lowest BCUT2D eigenvalue weighted by Gasteiger charge is -2.07. The smallest absolute Gasteiger partial charge is 0.225 e. The van der Waals surface area contributed by atoms with Crippen LogP contribution in [-0.4, -0.2) is 23.6 Å². The first-order valence-electron chi connectivity index (χ1n) is 6.01. The van der Waals surface area contributed by atoms with Crippen LogP contribution in [0.5, 0.6) is 0 Å². The number of anilines is 1. The number of carbonyl (C=O) groups excluding carboxylic acids is 1. The van der Waals surface area contributed by atoms with Crippen molar-refractivity contribution in [2.24, 2.45) is 0 Å². The Balaban J connectivity index is 1.75. The quantitative estimate of drug-likeness (QED) is 0.694. The third-order valence-electron chi connectivity index (χ3n) is 2.76. The second-order valence-corrected chi connectivity index (χ2v) is 4.39. The van der Waals surface area contributed by atoms with Gasteiger partial charge in [-0.3, -0.25) is 4.79 Å². The van der Waals surface area contributed by atoms with Crippen LogP contribution in [-0.2, 0) is 11.4 Å². The standard InChI is InChI=1S/C13H18N2O2/c16-9-10-2-1-3-12(8-10)15-13(17)6-7-14-11-4-5-11/h1-3,8,11,14,16H,4-7,9H2,(H,15,17). The fourth-order valence-electron chi connectivity index (χ4n) is 1.65. The van der Waals surface area contributed by atoms with Crippen LogP contribution in [0.3, 0.4) is 0 Å². The SMILES string of the molecule is O=C(CCNC1CC1)Nc1cccc(CO)c1. The van der Waals surface area contributed by atoms with Gasteiger partial charge < -0.3 is 15.7 Å². The van der Waals surface area contributed by atoms with Crippen molar-refractivity contribution < 1.29 is 9.90 Å². The van der Waals surface area contributed by atoms with Crippen molar-refractivity contribution in [1.29, 1.82) is 0 Å². The molecule has 0 aromatic heterocycles. The minimum Gasteiger partial charge on any atom is -0.392 e. The molecule has 1 aromatic rings. The van der Waals surface area contributed by atoms with E-state index in [2.05, 4.69) is 10.6 Å². The fourth-order valence-corrected chi connectivity index (χ4v) is 1.65. The van der Waals surface area contributed by atoms with Gasteiger partial charge in [0.25, 0.3) is 0 Å². The second-order valence-electron chi connectivity index (χ2n) is 4.39. The molecule has 0 saturated heterocycles. The molecule has 17 heavy (non-hydrogen) atoms. The van der Waals surface area contributed by atoms with Crippen LogP contribution in [0.4, 0.5) is 5.69 Å². The van der Waals surface area contributed by atoms with Gasteiger partial charge in [0.05, 0.1) is 6.61 Å². The van der Waals surface area contributed by atoms with Crippen molar-refractivity contribution >= 4 is 11.6 Å². The van der Waals surface area contributed by atoms with Gasteiger partial charge in [-0.25, -0.2) is 0 Å². The molecule has 4 nitrogen and oxygen atoms in total. The summed E-state index contributed by atoms with van der Waals surface area (Å²) in [5, 5.41) is 15.1. The van der Waals surface area contributed by atoms with Crippen molar-refractivity contribution in [2.75, 3.05) is 11.9 Å². The maximum atomic E-state index is 11.6.